The summed E-state index contributed by atoms with van der Waals surface area (Å²) in [5, 5.41) is 9.48. The van der Waals surface area contributed by atoms with Crippen LogP contribution in [-0.2, 0) is 0 Å². The molecule has 1 aromatic carbocycles. The van der Waals surface area contributed by atoms with Gasteiger partial charge in [0.15, 0.2) is 0 Å². The number of benzene rings is 1. The summed E-state index contributed by atoms with van der Waals surface area (Å²) in [6.45, 7) is 6.26. The molecule has 0 aliphatic heterocycles. The summed E-state index contributed by atoms with van der Waals surface area (Å²) >= 11 is 5.82. The fraction of sp³-hybridized carbons (Fsp3) is 0.308. The van der Waals surface area contributed by atoms with Gasteiger partial charge in [0, 0.05) is 11.1 Å². The molecule has 1 rings (SSSR count). The third-order valence-electron chi connectivity index (χ3n) is 2.17. The van der Waals surface area contributed by atoms with Gasteiger partial charge in [-0.2, -0.15) is 5.26 Å². The molecule has 0 fully saturated rings. The molecule has 0 N–H and O–H groups in total. The first kappa shape index (κ1) is 11.8. The van der Waals surface area contributed by atoms with Crippen molar-refractivity contribution in [2.24, 2.45) is 5.41 Å². The van der Waals surface area contributed by atoms with Gasteiger partial charge < -0.3 is 0 Å². The van der Waals surface area contributed by atoms with E-state index in [9.17, 15) is 0 Å². The van der Waals surface area contributed by atoms with Gasteiger partial charge in [-0.25, -0.2) is 0 Å². The van der Waals surface area contributed by atoms with Crippen molar-refractivity contribution in [3.05, 3.63) is 40.9 Å². The highest BCUT2D eigenvalue weighted by Crippen LogP contribution is 2.34. The van der Waals surface area contributed by atoms with Crippen LogP contribution in [0.5, 0.6) is 0 Å². The summed E-state index contributed by atoms with van der Waals surface area (Å²) in [6, 6.07) is 9.66. The Kier molecular flexibility index (Phi) is 3.55. The van der Waals surface area contributed by atoms with Crippen LogP contribution in [0.2, 0.25) is 5.02 Å². The van der Waals surface area contributed by atoms with Crippen LogP contribution in [0.4, 0.5) is 0 Å². The van der Waals surface area contributed by atoms with Crippen molar-refractivity contribution in [3.8, 4) is 6.07 Å². The second kappa shape index (κ2) is 4.51. The molecule has 0 radical (unpaired) electrons. The molecular weight excluding hydrogens is 206 g/mol. The van der Waals surface area contributed by atoms with Crippen LogP contribution in [0.1, 0.15) is 26.3 Å². The minimum Gasteiger partial charge on any atom is -0.193 e. The average molecular weight is 220 g/mol. The Morgan fingerprint density at radius 1 is 1.27 bits per heavy atom. The van der Waals surface area contributed by atoms with Crippen molar-refractivity contribution in [2.75, 3.05) is 0 Å². The lowest BCUT2D eigenvalue weighted by Crippen LogP contribution is -2.08. The zero-order valence-corrected chi connectivity index (χ0v) is 9.97. The van der Waals surface area contributed by atoms with Crippen LogP contribution in [0.25, 0.3) is 5.57 Å². The topological polar surface area (TPSA) is 23.8 Å². The minimum absolute atomic E-state index is 0.0381. The van der Waals surface area contributed by atoms with E-state index in [1.54, 1.807) is 6.08 Å². The molecule has 0 aliphatic carbocycles. The Hall–Kier alpha value is -1.26. The molecule has 0 amide bonds. The molecule has 78 valence electrons. The van der Waals surface area contributed by atoms with Crippen LogP contribution in [0, 0.1) is 16.7 Å². The van der Waals surface area contributed by atoms with Crippen molar-refractivity contribution in [1.82, 2.24) is 0 Å². The summed E-state index contributed by atoms with van der Waals surface area (Å²) in [5.41, 5.74) is 2.04. The van der Waals surface area contributed by atoms with Gasteiger partial charge in [0.05, 0.1) is 6.07 Å². The summed E-state index contributed by atoms with van der Waals surface area (Å²) in [5.74, 6) is 0. The Morgan fingerprint density at radius 3 is 2.20 bits per heavy atom. The lowest BCUT2D eigenvalue weighted by molar-refractivity contribution is 0.567. The zero-order valence-electron chi connectivity index (χ0n) is 9.21. The second-order valence-electron chi connectivity index (χ2n) is 4.44. The van der Waals surface area contributed by atoms with E-state index in [1.807, 2.05) is 24.3 Å². The lowest BCUT2D eigenvalue weighted by atomic mass is 9.82. The van der Waals surface area contributed by atoms with E-state index in [0.717, 1.165) is 11.1 Å². The Balaban J connectivity index is 3.19. The summed E-state index contributed by atoms with van der Waals surface area (Å²) in [7, 11) is 0. The summed E-state index contributed by atoms with van der Waals surface area (Å²) in [6.07, 6.45) is 1.60. The lowest BCUT2D eigenvalue weighted by Gasteiger charge is -2.22. The first-order valence-corrected chi connectivity index (χ1v) is 5.19. The Morgan fingerprint density at radius 2 is 1.80 bits per heavy atom. The van der Waals surface area contributed by atoms with E-state index < -0.39 is 0 Å². The average Bonchev–Trinajstić information content (AvgIpc) is 2.14. The monoisotopic (exact) mass is 219 g/mol. The van der Waals surface area contributed by atoms with Crippen molar-refractivity contribution < 1.29 is 0 Å². The molecule has 0 atom stereocenters. The molecular formula is C13H14ClN. The van der Waals surface area contributed by atoms with Gasteiger partial charge in [-0.3, -0.25) is 0 Å². The molecule has 0 saturated heterocycles. The van der Waals surface area contributed by atoms with Gasteiger partial charge in [-0.1, -0.05) is 44.5 Å². The SMILES string of the molecule is CC(C)(C)/C(=C/C#N)c1ccc(Cl)cc1. The molecule has 0 spiro atoms. The number of nitriles is 1. The highest BCUT2D eigenvalue weighted by Gasteiger charge is 2.18. The van der Waals surface area contributed by atoms with Crippen LogP contribution >= 0.6 is 11.6 Å². The minimum atomic E-state index is -0.0381. The number of hydrogen-bond acceptors (Lipinski definition) is 1. The van der Waals surface area contributed by atoms with E-state index in [2.05, 4.69) is 26.8 Å². The predicted octanol–water partition coefficient (Wildman–Crippen LogP) is 4.29. The van der Waals surface area contributed by atoms with E-state index in [0.29, 0.717) is 5.02 Å². The molecule has 0 heterocycles. The molecule has 0 saturated carbocycles. The maximum absolute atomic E-state index is 8.76. The van der Waals surface area contributed by atoms with Crippen molar-refractivity contribution in [2.45, 2.75) is 20.8 Å². The molecule has 0 unspecified atom stereocenters. The maximum Gasteiger partial charge on any atom is 0.0915 e. The normalized spacial score (nSPS) is 12.3. The fourth-order valence-corrected chi connectivity index (χ4v) is 1.55. The fourth-order valence-electron chi connectivity index (χ4n) is 1.43. The smallest absolute Gasteiger partial charge is 0.0915 e. The second-order valence-corrected chi connectivity index (χ2v) is 4.88. The van der Waals surface area contributed by atoms with Gasteiger partial charge >= 0.3 is 0 Å². The first-order valence-electron chi connectivity index (χ1n) is 4.81. The number of allylic oxidation sites excluding steroid dienone is 2. The first-order chi connectivity index (χ1) is 6.95. The number of hydrogen-bond donors (Lipinski definition) is 0. The maximum atomic E-state index is 8.76. The van der Waals surface area contributed by atoms with Crippen LogP contribution in [0.3, 0.4) is 0 Å². The van der Waals surface area contributed by atoms with Gasteiger partial charge in [-0.05, 0) is 28.7 Å². The Bertz CT molecular complexity index is 402. The molecule has 1 aromatic rings. The van der Waals surface area contributed by atoms with Crippen LogP contribution in [0.15, 0.2) is 30.3 Å². The van der Waals surface area contributed by atoms with Gasteiger partial charge in [0.2, 0.25) is 0 Å². The molecule has 0 bridgehead atoms. The molecule has 0 aliphatic rings. The van der Waals surface area contributed by atoms with Crippen molar-refractivity contribution >= 4 is 17.2 Å². The molecule has 15 heavy (non-hydrogen) atoms. The number of halogens is 1. The van der Waals surface area contributed by atoms with Gasteiger partial charge in [0.1, 0.15) is 0 Å². The molecule has 2 heteroatoms. The highest BCUT2D eigenvalue weighted by molar-refractivity contribution is 6.30. The standard InChI is InChI=1S/C13H14ClN/c1-13(2,3)12(8-9-15)10-4-6-11(14)7-5-10/h4-8H,1-3H3/b12-8+. The third-order valence-corrected chi connectivity index (χ3v) is 2.42. The van der Waals surface area contributed by atoms with Gasteiger partial charge in [0.25, 0.3) is 0 Å². The van der Waals surface area contributed by atoms with E-state index >= 15 is 0 Å². The van der Waals surface area contributed by atoms with Gasteiger partial charge in [-0.15, -0.1) is 0 Å². The van der Waals surface area contributed by atoms with E-state index in [-0.39, 0.29) is 5.41 Å². The zero-order chi connectivity index (χ0) is 11.5. The third kappa shape index (κ3) is 3.11. The number of rotatable bonds is 1. The predicted molar refractivity (Wildman–Crippen MR) is 64.5 cm³/mol. The molecule has 1 nitrogen and oxygen atoms in total. The Labute approximate surface area is 96.0 Å². The summed E-state index contributed by atoms with van der Waals surface area (Å²) < 4.78 is 0. The van der Waals surface area contributed by atoms with Crippen LogP contribution < -0.4 is 0 Å². The van der Waals surface area contributed by atoms with E-state index in [4.69, 9.17) is 16.9 Å². The highest BCUT2D eigenvalue weighted by atomic mass is 35.5. The van der Waals surface area contributed by atoms with Crippen molar-refractivity contribution in [3.63, 3.8) is 0 Å². The number of nitrogens with zero attached hydrogens (tertiary/aromatic N) is 1. The summed E-state index contributed by atoms with van der Waals surface area (Å²) in [4.78, 5) is 0. The molecule has 0 aromatic heterocycles. The quantitative estimate of drug-likeness (QED) is 0.647. The van der Waals surface area contributed by atoms with E-state index in [1.165, 1.54) is 0 Å². The largest absolute Gasteiger partial charge is 0.193 e. The van der Waals surface area contributed by atoms with Crippen LogP contribution in [-0.4, -0.2) is 0 Å². The van der Waals surface area contributed by atoms with Crippen molar-refractivity contribution in [1.29, 1.82) is 5.26 Å².